The zero-order valence-corrected chi connectivity index (χ0v) is 14.2. The Balaban J connectivity index is 2.18. The molecule has 0 aromatic heterocycles. The van der Waals surface area contributed by atoms with E-state index in [0.717, 1.165) is 44.1 Å². The fourth-order valence-corrected chi connectivity index (χ4v) is 2.26. The van der Waals surface area contributed by atoms with Crippen molar-refractivity contribution in [1.29, 1.82) is 0 Å². The van der Waals surface area contributed by atoms with Gasteiger partial charge in [0.2, 0.25) is 0 Å². The van der Waals surface area contributed by atoms with Gasteiger partial charge >= 0.3 is 6.09 Å². The van der Waals surface area contributed by atoms with Gasteiger partial charge in [0, 0.05) is 0 Å². The maximum atomic E-state index is 11.8. The predicted octanol–water partition coefficient (Wildman–Crippen LogP) is 5.38. The number of rotatable bonds is 11. The van der Waals surface area contributed by atoms with Crippen LogP contribution in [0.4, 0.5) is 4.79 Å². The van der Waals surface area contributed by atoms with Crippen molar-refractivity contribution >= 4 is 6.09 Å². The van der Waals surface area contributed by atoms with Gasteiger partial charge in [-0.3, -0.25) is 0 Å². The molecular weight excluding hydrogens is 286 g/mol. The van der Waals surface area contributed by atoms with Crippen molar-refractivity contribution in [2.75, 3.05) is 0 Å². The minimum Gasteiger partial charge on any atom is -0.445 e. The van der Waals surface area contributed by atoms with Gasteiger partial charge in [0.1, 0.15) is 6.61 Å². The molecule has 1 N–H and O–H groups in total. The third-order valence-corrected chi connectivity index (χ3v) is 3.85. The Hall–Kier alpha value is -2.03. The number of carbonyl (C=O) groups excluding carboxylic acids is 1. The summed E-state index contributed by atoms with van der Waals surface area (Å²) in [6, 6.07) is 9.62. The van der Waals surface area contributed by atoms with Crippen LogP contribution in [0.3, 0.4) is 0 Å². The molecule has 0 unspecified atom stereocenters. The van der Waals surface area contributed by atoms with E-state index in [1.54, 1.807) is 6.08 Å². The van der Waals surface area contributed by atoms with Crippen molar-refractivity contribution in [2.24, 2.45) is 0 Å². The lowest BCUT2D eigenvalue weighted by Crippen LogP contribution is -2.33. The van der Waals surface area contributed by atoms with Gasteiger partial charge in [-0.1, -0.05) is 68.3 Å². The van der Waals surface area contributed by atoms with E-state index in [0.29, 0.717) is 0 Å². The molecule has 23 heavy (non-hydrogen) atoms. The lowest BCUT2D eigenvalue weighted by Gasteiger charge is -2.15. The van der Waals surface area contributed by atoms with Gasteiger partial charge in [-0.2, -0.15) is 0 Å². The number of carbonyl (C=O) groups is 1. The highest BCUT2D eigenvalue weighted by Gasteiger charge is 2.09. The van der Waals surface area contributed by atoms with Crippen LogP contribution in [0.5, 0.6) is 0 Å². The van der Waals surface area contributed by atoms with Gasteiger partial charge in [-0.05, 0) is 31.2 Å². The van der Waals surface area contributed by atoms with Gasteiger partial charge in [0.05, 0.1) is 6.04 Å². The third-order valence-electron chi connectivity index (χ3n) is 3.85. The van der Waals surface area contributed by atoms with E-state index in [2.05, 4.69) is 25.4 Å². The van der Waals surface area contributed by atoms with E-state index in [9.17, 15) is 4.79 Å². The number of hydrogen-bond acceptors (Lipinski definition) is 2. The van der Waals surface area contributed by atoms with Gasteiger partial charge in [0.25, 0.3) is 0 Å². The Morgan fingerprint density at radius 2 is 2.00 bits per heavy atom. The topological polar surface area (TPSA) is 38.3 Å². The van der Waals surface area contributed by atoms with Crippen LogP contribution in [0.15, 0.2) is 55.1 Å². The maximum absolute atomic E-state index is 11.8. The van der Waals surface area contributed by atoms with Crippen LogP contribution in [0.25, 0.3) is 0 Å². The number of nitrogens with one attached hydrogen (secondary N) is 1. The highest BCUT2D eigenvalue weighted by molar-refractivity contribution is 5.67. The van der Waals surface area contributed by atoms with Crippen LogP contribution in [0, 0.1) is 0 Å². The Bertz CT molecular complexity index is 482. The molecule has 0 aliphatic heterocycles. The molecule has 126 valence electrons. The molecule has 1 atom stereocenters. The first kappa shape index (κ1) is 19.0. The summed E-state index contributed by atoms with van der Waals surface area (Å²) in [4.78, 5) is 11.8. The Morgan fingerprint density at radius 3 is 2.65 bits per heavy atom. The van der Waals surface area contributed by atoms with Crippen molar-refractivity contribution in [1.82, 2.24) is 5.32 Å². The third kappa shape index (κ3) is 8.87. The maximum Gasteiger partial charge on any atom is 0.407 e. The summed E-state index contributed by atoms with van der Waals surface area (Å²) in [7, 11) is 0. The highest BCUT2D eigenvalue weighted by atomic mass is 16.5. The molecule has 1 amide bonds. The van der Waals surface area contributed by atoms with Crippen LogP contribution in [0.1, 0.15) is 51.0 Å². The highest BCUT2D eigenvalue weighted by Crippen LogP contribution is 2.12. The van der Waals surface area contributed by atoms with Crippen LogP contribution < -0.4 is 5.32 Å². The second-order valence-corrected chi connectivity index (χ2v) is 5.75. The van der Waals surface area contributed by atoms with E-state index in [4.69, 9.17) is 4.74 Å². The molecule has 0 saturated heterocycles. The molecule has 0 radical (unpaired) electrons. The summed E-state index contributed by atoms with van der Waals surface area (Å²) < 4.78 is 5.22. The lowest BCUT2D eigenvalue weighted by molar-refractivity contribution is 0.137. The van der Waals surface area contributed by atoms with Gasteiger partial charge in [-0.15, -0.1) is 6.58 Å². The molecule has 0 saturated carbocycles. The van der Waals surface area contributed by atoms with Gasteiger partial charge < -0.3 is 10.1 Å². The van der Waals surface area contributed by atoms with Crippen LogP contribution >= 0.6 is 0 Å². The first-order valence-electron chi connectivity index (χ1n) is 8.42. The molecule has 0 fully saturated rings. The van der Waals surface area contributed by atoms with Gasteiger partial charge in [0.15, 0.2) is 0 Å². The summed E-state index contributed by atoms with van der Waals surface area (Å²) in [5.74, 6) is 0. The standard InChI is InChI=1S/C20H29NO2/c1-4-17(3)12-8-6-11-15-19(5-2)21-20(22)23-16-18-13-9-7-10-14-18/h5,7,9-10,13-14,19H,2-4,6,8,11-12,15-16H2,1H3,(H,21,22)/t19-/m1/s1. The number of ether oxygens (including phenoxy) is 1. The van der Waals surface area contributed by atoms with Crippen LogP contribution in [-0.2, 0) is 11.3 Å². The fraction of sp³-hybridized carbons (Fsp3) is 0.450. The largest absolute Gasteiger partial charge is 0.445 e. The Morgan fingerprint density at radius 1 is 1.26 bits per heavy atom. The summed E-state index contributed by atoms with van der Waals surface area (Å²) in [6.07, 6.45) is 7.80. The zero-order valence-electron chi connectivity index (χ0n) is 14.2. The molecule has 0 spiro atoms. The van der Waals surface area contributed by atoms with Crippen LogP contribution in [-0.4, -0.2) is 12.1 Å². The normalized spacial score (nSPS) is 11.5. The molecule has 3 nitrogen and oxygen atoms in total. The van der Waals surface area contributed by atoms with E-state index >= 15 is 0 Å². The lowest BCUT2D eigenvalue weighted by atomic mass is 10.0. The number of benzene rings is 1. The zero-order chi connectivity index (χ0) is 16.9. The number of allylic oxidation sites excluding steroid dienone is 1. The van der Waals surface area contributed by atoms with E-state index in [-0.39, 0.29) is 12.6 Å². The molecule has 0 bridgehead atoms. The predicted molar refractivity (Wildman–Crippen MR) is 96.3 cm³/mol. The number of hydrogen-bond donors (Lipinski definition) is 1. The van der Waals surface area contributed by atoms with E-state index in [1.165, 1.54) is 5.57 Å². The van der Waals surface area contributed by atoms with Crippen molar-refractivity contribution in [3.05, 3.63) is 60.7 Å². The smallest absolute Gasteiger partial charge is 0.407 e. The average Bonchev–Trinajstić information content (AvgIpc) is 2.59. The van der Waals surface area contributed by atoms with E-state index in [1.807, 2.05) is 30.3 Å². The first-order valence-corrected chi connectivity index (χ1v) is 8.42. The van der Waals surface area contributed by atoms with E-state index < -0.39 is 6.09 Å². The number of unbranched alkanes of at least 4 members (excludes halogenated alkanes) is 2. The molecule has 1 aromatic rings. The SMILES string of the molecule is C=C[C@H](CCCCCC(=C)CC)NC(=O)OCc1ccccc1. The molecule has 1 aromatic carbocycles. The minimum absolute atomic E-state index is 0.0346. The second-order valence-electron chi connectivity index (χ2n) is 5.75. The summed E-state index contributed by atoms with van der Waals surface area (Å²) in [5.41, 5.74) is 2.29. The molecule has 0 aliphatic rings. The summed E-state index contributed by atoms with van der Waals surface area (Å²) >= 11 is 0. The minimum atomic E-state index is -0.391. The quantitative estimate of drug-likeness (QED) is 0.439. The Kier molecular flexibility index (Phi) is 9.53. The summed E-state index contributed by atoms with van der Waals surface area (Å²) in [6.45, 7) is 10.2. The molecule has 3 heteroatoms. The molecular formula is C20H29NO2. The van der Waals surface area contributed by atoms with Crippen molar-refractivity contribution in [3.8, 4) is 0 Å². The van der Waals surface area contributed by atoms with Crippen LogP contribution in [0.2, 0.25) is 0 Å². The van der Waals surface area contributed by atoms with Gasteiger partial charge in [-0.25, -0.2) is 4.79 Å². The fourth-order valence-electron chi connectivity index (χ4n) is 2.26. The van der Waals surface area contributed by atoms with Crippen molar-refractivity contribution < 1.29 is 9.53 Å². The summed E-state index contributed by atoms with van der Waals surface area (Å²) in [5, 5.41) is 2.85. The molecule has 1 rings (SSSR count). The number of alkyl carbamates (subject to hydrolysis) is 1. The average molecular weight is 315 g/mol. The Labute approximate surface area is 140 Å². The monoisotopic (exact) mass is 315 g/mol. The molecule has 0 aliphatic carbocycles. The van der Waals surface area contributed by atoms with Crippen molar-refractivity contribution in [3.63, 3.8) is 0 Å². The number of amides is 1. The van der Waals surface area contributed by atoms with Crippen molar-refractivity contribution in [2.45, 2.75) is 58.1 Å². The molecule has 0 heterocycles. The second kappa shape index (κ2) is 11.5. The first-order chi connectivity index (χ1) is 11.2.